The summed E-state index contributed by atoms with van der Waals surface area (Å²) in [4.78, 5) is 0. The van der Waals surface area contributed by atoms with Crippen LogP contribution in [0.5, 0.6) is 0 Å². The molecule has 2 aliphatic carbocycles. The molecule has 0 N–H and O–H groups in total. The largest absolute Gasteiger partial charge is 0.198 e. The zero-order valence-electron chi connectivity index (χ0n) is 9.77. The van der Waals surface area contributed by atoms with Crippen molar-refractivity contribution in [2.24, 2.45) is 17.8 Å². The predicted molar refractivity (Wildman–Crippen MR) is 68.7 cm³/mol. The van der Waals surface area contributed by atoms with Crippen LogP contribution in [0.3, 0.4) is 0 Å². The van der Waals surface area contributed by atoms with Crippen molar-refractivity contribution in [3.63, 3.8) is 0 Å². The number of halogens is 1. The van der Waals surface area contributed by atoms with Gasteiger partial charge >= 0.3 is 0 Å². The average Bonchev–Trinajstić information content (AvgIpc) is 2.92. The average molecular weight is 246 g/mol. The monoisotopic (exact) mass is 245 g/mol. The Morgan fingerprint density at radius 3 is 2.76 bits per heavy atom. The summed E-state index contributed by atoms with van der Waals surface area (Å²) in [5.41, 5.74) is 1.11. The number of hydrogen-bond acceptors (Lipinski definition) is 1. The zero-order chi connectivity index (χ0) is 11.8. The normalized spacial score (nSPS) is 32.4. The molecule has 4 unspecified atom stereocenters. The third-order valence-electron chi connectivity index (χ3n) is 4.57. The van der Waals surface area contributed by atoms with Crippen molar-refractivity contribution in [1.82, 2.24) is 0 Å². The van der Waals surface area contributed by atoms with E-state index in [1.807, 2.05) is 24.3 Å². The minimum atomic E-state index is 0.0454. The molecule has 2 fully saturated rings. The van der Waals surface area contributed by atoms with E-state index in [2.05, 4.69) is 6.07 Å². The first-order valence-electron chi connectivity index (χ1n) is 6.43. The van der Waals surface area contributed by atoms with E-state index in [4.69, 9.17) is 11.6 Å². The highest BCUT2D eigenvalue weighted by Gasteiger charge is 2.43. The first kappa shape index (κ1) is 11.1. The quantitative estimate of drug-likeness (QED) is 0.758. The van der Waals surface area contributed by atoms with Crippen LogP contribution in [0.15, 0.2) is 24.3 Å². The second-order valence-corrected chi connectivity index (χ2v) is 5.94. The molecule has 2 heteroatoms. The molecule has 0 radical (unpaired) electrons. The lowest BCUT2D eigenvalue weighted by molar-refractivity contribution is 0.311. The van der Waals surface area contributed by atoms with Gasteiger partial charge in [0.25, 0.3) is 0 Å². The fraction of sp³-hybridized carbons (Fsp3) is 0.533. The zero-order valence-corrected chi connectivity index (χ0v) is 10.5. The summed E-state index contributed by atoms with van der Waals surface area (Å²) in [5, 5.41) is 10.2. The molecule has 2 bridgehead atoms. The molecule has 0 aliphatic heterocycles. The Morgan fingerprint density at radius 1 is 1.29 bits per heavy atom. The summed E-state index contributed by atoms with van der Waals surface area (Å²) in [6, 6.07) is 10.3. The van der Waals surface area contributed by atoms with Crippen LogP contribution in [-0.2, 0) is 0 Å². The summed E-state index contributed by atoms with van der Waals surface area (Å²) in [6.07, 6.45) is 5.31. The maximum atomic E-state index is 9.47. The molecule has 2 aliphatic rings. The lowest BCUT2D eigenvalue weighted by atomic mass is 9.77. The third kappa shape index (κ3) is 1.96. The van der Waals surface area contributed by atoms with E-state index in [-0.39, 0.29) is 5.92 Å². The number of benzene rings is 1. The van der Waals surface area contributed by atoms with E-state index >= 15 is 0 Å². The van der Waals surface area contributed by atoms with Crippen LogP contribution >= 0.6 is 11.6 Å². The molecule has 0 saturated heterocycles. The van der Waals surface area contributed by atoms with Gasteiger partial charge in [-0.1, -0.05) is 30.2 Å². The Kier molecular flexibility index (Phi) is 2.84. The van der Waals surface area contributed by atoms with Gasteiger partial charge in [0.2, 0.25) is 0 Å². The highest BCUT2D eigenvalue weighted by molar-refractivity contribution is 6.30. The summed E-state index contributed by atoms with van der Waals surface area (Å²) in [7, 11) is 0. The van der Waals surface area contributed by atoms with Crippen molar-refractivity contribution in [2.45, 2.75) is 31.6 Å². The van der Waals surface area contributed by atoms with Gasteiger partial charge in [0.1, 0.15) is 0 Å². The Labute approximate surface area is 107 Å². The first-order chi connectivity index (χ1) is 8.28. The molecule has 3 rings (SSSR count). The third-order valence-corrected chi connectivity index (χ3v) is 4.80. The smallest absolute Gasteiger partial charge is 0.0744 e. The second kappa shape index (κ2) is 4.35. The Bertz CT molecular complexity index is 462. The Balaban J connectivity index is 1.87. The van der Waals surface area contributed by atoms with E-state index in [9.17, 15) is 5.26 Å². The summed E-state index contributed by atoms with van der Waals surface area (Å²) < 4.78 is 0. The van der Waals surface area contributed by atoms with Crippen molar-refractivity contribution in [3.05, 3.63) is 34.9 Å². The van der Waals surface area contributed by atoms with Crippen molar-refractivity contribution < 1.29 is 0 Å². The van der Waals surface area contributed by atoms with Gasteiger partial charge in [-0.05, 0) is 54.7 Å². The molecule has 1 aromatic rings. The van der Waals surface area contributed by atoms with Gasteiger partial charge < -0.3 is 0 Å². The minimum absolute atomic E-state index is 0.0454. The van der Waals surface area contributed by atoms with Gasteiger partial charge in [0, 0.05) is 5.02 Å². The van der Waals surface area contributed by atoms with Gasteiger partial charge in [0.05, 0.1) is 12.0 Å². The van der Waals surface area contributed by atoms with Crippen molar-refractivity contribution in [2.75, 3.05) is 0 Å². The standard InChI is InChI=1S/C15H16ClN/c16-13-3-1-2-11(8-13)15(9-17)14-7-10-4-5-12(14)6-10/h1-3,8,10,12,14-15H,4-7H2. The van der Waals surface area contributed by atoms with E-state index in [0.717, 1.165) is 22.4 Å². The van der Waals surface area contributed by atoms with Crippen LogP contribution in [-0.4, -0.2) is 0 Å². The van der Waals surface area contributed by atoms with Crippen LogP contribution in [0.4, 0.5) is 0 Å². The van der Waals surface area contributed by atoms with Crippen molar-refractivity contribution >= 4 is 11.6 Å². The maximum Gasteiger partial charge on any atom is 0.0744 e. The number of rotatable bonds is 2. The van der Waals surface area contributed by atoms with Crippen LogP contribution in [0, 0.1) is 29.1 Å². The predicted octanol–water partition coefficient (Wildman–Crippen LogP) is 4.38. The van der Waals surface area contributed by atoms with E-state index < -0.39 is 0 Å². The van der Waals surface area contributed by atoms with Crippen molar-refractivity contribution in [3.8, 4) is 6.07 Å². The minimum Gasteiger partial charge on any atom is -0.198 e. The maximum absolute atomic E-state index is 9.47. The van der Waals surface area contributed by atoms with E-state index in [0.29, 0.717) is 5.92 Å². The second-order valence-electron chi connectivity index (χ2n) is 5.50. The summed E-state index contributed by atoms with van der Waals surface area (Å²) >= 11 is 6.02. The molecule has 1 nitrogen and oxygen atoms in total. The molecule has 0 aromatic heterocycles. The molecular weight excluding hydrogens is 230 g/mol. The fourth-order valence-electron chi connectivity index (χ4n) is 3.82. The molecule has 0 heterocycles. The molecule has 0 spiro atoms. The van der Waals surface area contributed by atoms with Crippen LogP contribution in [0.25, 0.3) is 0 Å². The lowest BCUT2D eigenvalue weighted by Crippen LogP contribution is -2.18. The van der Waals surface area contributed by atoms with Gasteiger partial charge in [-0.15, -0.1) is 0 Å². The van der Waals surface area contributed by atoms with Gasteiger partial charge in [0.15, 0.2) is 0 Å². The van der Waals surface area contributed by atoms with Gasteiger partial charge in [-0.25, -0.2) is 0 Å². The molecule has 2 saturated carbocycles. The topological polar surface area (TPSA) is 23.8 Å². The van der Waals surface area contributed by atoms with Gasteiger partial charge in [-0.3, -0.25) is 0 Å². The number of nitriles is 1. The SMILES string of the molecule is N#CC(c1cccc(Cl)c1)C1CC2CCC1C2. The highest BCUT2D eigenvalue weighted by atomic mass is 35.5. The number of fused-ring (bicyclic) bond motifs is 2. The van der Waals surface area contributed by atoms with Crippen LogP contribution < -0.4 is 0 Å². The first-order valence-corrected chi connectivity index (χ1v) is 6.81. The highest BCUT2D eigenvalue weighted by Crippen LogP contribution is 2.53. The van der Waals surface area contributed by atoms with Crippen LogP contribution in [0.1, 0.15) is 37.2 Å². The Morgan fingerprint density at radius 2 is 2.18 bits per heavy atom. The molecule has 1 aromatic carbocycles. The van der Waals surface area contributed by atoms with Gasteiger partial charge in [-0.2, -0.15) is 5.26 Å². The number of nitrogens with zero attached hydrogens (tertiary/aromatic N) is 1. The Hall–Kier alpha value is -1.00. The van der Waals surface area contributed by atoms with Crippen LogP contribution in [0.2, 0.25) is 5.02 Å². The molecule has 4 atom stereocenters. The molecule has 17 heavy (non-hydrogen) atoms. The lowest BCUT2D eigenvalue weighted by Gasteiger charge is -2.26. The summed E-state index contributed by atoms with van der Waals surface area (Å²) in [5.74, 6) is 2.28. The number of hydrogen-bond donors (Lipinski definition) is 0. The van der Waals surface area contributed by atoms with Crippen molar-refractivity contribution in [1.29, 1.82) is 5.26 Å². The van der Waals surface area contributed by atoms with E-state index in [1.165, 1.54) is 25.7 Å². The summed E-state index contributed by atoms with van der Waals surface area (Å²) in [6.45, 7) is 0. The molecular formula is C15H16ClN. The molecule has 0 amide bonds. The van der Waals surface area contributed by atoms with E-state index in [1.54, 1.807) is 0 Å². The molecule has 88 valence electrons. The fourth-order valence-corrected chi connectivity index (χ4v) is 4.02.